The summed E-state index contributed by atoms with van der Waals surface area (Å²) in [6, 6.07) is 22.5. The largest absolute Gasteiger partial charge is 0.488 e. The van der Waals surface area contributed by atoms with Crippen LogP contribution in [-0.2, 0) is 16.4 Å². The van der Waals surface area contributed by atoms with Crippen LogP contribution in [0.4, 0.5) is 5.82 Å². The van der Waals surface area contributed by atoms with Crippen molar-refractivity contribution in [1.82, 2.24) is 10.2 Å². The van der Waals surface area contributed by atoms with Crippen molar-refractivity contribution in [1.29, 1.82) is 0 Å². The third kappa shape index (κ3) is 5.13. The second-order valence-corrected chi connectivity index (χ2v) is 11.0. The molecule has 35 heavy (non-hydrogen) atoms. The van der Waals surface area contributed by atoms with E-state index in [1.807, 2.05) is 54.6 Å². The number of rotatable bonds is 7. The number of nitrogens with zero attached hydrogens (tertiary/aromatic N) is 2. The van der Waals surface area contributed by atoms with Crippen molar-refractivity contribution >= 4 is 26.4 Å². The van der Waals surface area contributed by atoms with Gasteiger partial charge in [-0.3, -0.25) is 0 Å². The Labute approximate surface area is 204 Å². The summed E-state index contributed by atoms with van der Waals surface area (Å²) in [7, 11) is -3.42. The zero-order chi connectivity index (χ0) is 24.4. The molecule has 0 saturated heterocycles. The summed E-state index contributed by atoms with van der Waals surface area (Å²) in [6.07, 6.45) is 3.23. The predicted molar refractivity (Wildman–Crippen MR) is 136 cm³/mol. The number of hydrogen-bond donors (Lipinski definition) is 2. The van der Waals surface area contributed by atoms with Gasteiger partial charge in [0.25, 0.3) is 0 Å². The second-order valence-electron chi connectivity index (χ2n) is 8.96. The highest BCUT2D eigenvalue weighted by Gasteiger charge is 2.24. The van der Waals surface area contributed by atoms with E-state index in [0.717, 1.165) is 29.2 Å². The molecule has 180 valence electrons. The summed E-state index contributed by atoms with van der Waals surface area (Å²) in [4.78, 5) is 0.180. The molecule has 5 rings (SSSR count). The third-order valence-electron chi connectivity index (χ3n) is 6.31. The fourth-order valence-electron chi connectivity index (χ4n) is 4.48. The van der Waals surface area contributed by atoms with Crippen LogP contribution in [0.2, 0.25) is 0 Å². The maximum atomic E-state index is 12.2. The van der Waals surface area contributed by atoms with E-state index < -0.39 is 9.84 Å². The van der Waals surface area contributed by atoms with Gasteiger partial charge in [0.05, 0.1) is 11.0 Å². The number of fused-ring (bicyclic) bond motifs is 1. The smallest absolute Gasteiger partial charge is 0.175 e. The van der Waals surface area contributed by atoms with E-state index in [0.29, 0.717) is 29.2 Å². The quantitative estimate of drug-likeness (QED) is 0.391. The van der Waals surface area contributed by atoms with Crippen molar-refractivity contribution in [2.75, 3.05) is 11.6 Å². The van der Waals surface area contributed by atoms with E-state index in [1.54, 1.807) is 18.2 Å². The molecule has 1 fully saturated rings. The Bertz CT molecular complexity index is 1460. The first-order valence-corrected chi connectivity index (χ1v) is 13.5. The highest BCUT2D eigenvalue weighted by molar-refractivity contribution is 7.90. The number of ether oxygens (including phenoxy) is 1. The van der Waals surface area contributed by atoms with Gasteiger partial charge in [0, 0.05) is 28.6 Å². The minimum Gasteiger partial charge on any atom is -0.488 e. The van der Waals surface area contributed by atoms with Crippen LogP contribution in [0, 0.1) is 0 Å². The molecule has 0 aliphatic heterocycles. The van der Waals surface area contributed by atoms with E-state index in [1.165, 1.54) is 6.26 Å². The molecular weight excluding hydrogens is 462 g/mol. The van der Waals surface area contributed by atoms with E-state index in [2.05, 4.69) is 15.5 Å². The van der Waals surface area contributed by atoms with Crippen LogP contribution in [0.3, 0.4) is 0 Å². The average molecular weight is 490 g/mol. The molecule has 1 saturated carbocycles. The first kappa shape index (κ1) is 23.3. The zero-order valence-corrected chi connectivity index (χ0v) is 20.2. The Balaban J connectivity index is 1.57. The number of aliphatic hydroxyl groups is 1. The van der Waals surface area contributed by atoms with Crippen molar-refractivity contribution < 1.29 is 18.3 Å². The summed E-state index contributed by atoms with van der Waals surface area (Å²) >= 11 is 0. The average Bonchev–Trinajstić information content (AvgIpc) is 3.27. The molecule has 0 bridgehead atoms. The molecule has 1 aliphatic rings. The molecule has 0 unspecified atom stereocenters. The van der Waals surface area contributed by atoms with Crippen LogP contribution in [0.25, 0.3) is 22.0 Å². The lowest BCUT2D eigenvalue weighted by Gasteiger charge is -2.17. The highest BCUT2D eigenvalue weighted by Crippen LogP contribution is 2.37. The first-order chi connectivity index (χ1) is 16.9. The topological polar surface area (TPSA) is 101 Å². The monoisotopic (exact) mass is 489 g/mol. The molecule has 1 aliphatic carbocycles. The van der Waals surface area contributed by atoms with Gasteiger partial charge >= 0.3 is 0 Å². The number of aromatic nitrogens is 2. The van der Waals surface area contributed by atoms with Crippen LogP contribution in [0.1, 0.15) is 24.8 Å². The van der Waals surface area contributed by atoms with Crippen molar-refractivity contribution in [3.63, 3.8) is 0 Å². The van der Waals surface area contributed by atoms with Crippen LogP contribution >= 0.6 is 0 Å². The lowest BCUT2D eigenvalue weighted by Crippen LogP contribution is -2.18. The van der Waals surface area contributed by atoms with Crippen molar-refractivity contribution in [2.45, 2.75) is 42.9 Å². The number of nitrogens with one attached hydrogen (secondary N) is 1. The summed E-state index contributed by atoms with van der Waals surface area (Å²) in [6.45, 7) is 0.288. The molecular formula is C27H27N3O4S. The standard InChI is InChI=1S/C27H27N3O4S/c1-35(32,33)21-13-14-24(25(16-21)34-17-18-7-3-2-4-8-18)26-22-9-5-6-10-23(22)27(30-29-26)28-19-11-12-20(31)15-19/h2-10,13-14,16,19-20,31H,11-12,15,17H2,1H3,(H,28,30)/t19-,20-/m1/s1. The minimum atomic E-state index is -3.42. The van der Waals surface area contributed by atoms with Gasteiger partial charge in [-0.1, -0.05) is 54.6 Å². The molecule has 2 atom stereocenters. The predicted octanol–water partition coefficient (Wildman–Crippen LogP) is 4.60. The van der Waals surface area contributed by atoms with Gasteiger partial charge in [-0.15, -0.1) is 10.2 Å². The normalized spacial score (nSPS) is 18.0. The molecule has 2 N–H and O–H groups in total. The summed E-state index contributed by atoms with van der Waals surface area (Å²) < 4.78 is 30.6. The van der Waals surface area contributed by atoms with Gasteiger partial charge in [0.1, 0.15) is 18.1 Å². The SMILES string of the molecule is CS(=O)(=O)c1ccc(-c2nnc(N[C@@H]3CC[C@@H](O)C3)c3ccccc23)c(OCc2ccccc2)c1. The Morgan fingerprint density at radius 2 is 1.71 bits per heavy atom. The Morgan fingerprint density at radius 1 is 0.971 bits per heavy atom. The van der Waals surface area contributed by atoms with Gasteiger partial charge in [-0.05, 0) is 43.0 Å². The van der Waals surface area contributed by atoms with Crippen LogP contribution in [-0.4, -0.2) is 42.1 Å². The third-order valence-corrected chi connectivity index (χ3v) is 7.42. The maximum Gasteiger partial charge on any atom is 0.175 e. The van der Waals surface area contributed by atoms with Gasteiger partial charge in [0.15, 0.2) is 15.7 Å². The molecule has 0 radical (unpaired) electrons. The fourth-order valence-corrected chi connectivity index (χ4v) is 5.11. The van der Waals surface area contributed by atoms with Gasteiger partial charge < -0.3 is 15.2 Å². The molecule has 0 amide bonds. The molecule has 1 heterocycles. The molecule has 1 aromatic heterocycles. The van der Waals surface area contributed by atoms with Crippen LogP contribution in [0.5, 0.6) is 5.75 Å². The molecule has 7 nitrogen and oxygen atoms in total. The molecule has 8 heteroatoms. The minimum absolute atomic E-state index is 0.146. The van der Waals surface area contributed by atoms with Crippen molar-refractivity contribution in [2.24, 2.45) is 0 Å². The number of sulfone groups is 1. The van der Waals surface area contributed by atoms with E-state index in [-0.39, 0.29) is 23.6 Å². The van der Waals surface area contributed by atoms with Gasteiger partial charge in [0.2, 0.25) is 0 Å². The second kappa shape index (κ2) is 9.64. The lowest BCUT2D eigenvalue weighted by atomic mass is 10.0. The highest BCUT2D eigenvalue weighted by atomic mass is 32.2. The molecule has 0 spiro atoms. The maximum absolute atomic E-state index is 12.2. The summed E-state index contributed by atoms with van der Waals surface area (Å²) in [5.41, 5.74) is 2.25. The van der Waals surface area contributed by atoms with E-state index >= 15 is 0 Å². The van der Waals surface area contributed by atoms with Gasteiger partial charge in [-0.2, -0.15) is 0 Å². The van der Waals surface area contributed by atoms with E-state index in [4.69, 9.17) is 4.74 Å². The van der Waals surface area contributed by atoms with Gasteiger partial charge in [-0.25, -0.2) is 8.42 Å². The fraction of sp³-hybridized carbons (Fsp3) is 0.259. The Hall–Kier alpha value is -3.49. The Morgan fingerprint density at radius 3 is 2.43 bits per heavy atom. The van der Waals surface area contributed by atoms with Crippen LogP contribution < -0.4 is 10.1 Å². The summed E-state index contributed by atoms with van der Waals surface area (Å²) in [5.74, 6) is 1.10. The lowest BCUT2D eigenvalue weighted by molar-refractivity contribution is 0.182. The van der Waals surface area contributed by atoms with Crippen molar-refractivity contribution in [3.8, 4) is 17.0 Å². The van der Waals surface area contributed by atoms with Crippen LogP contribution in [0.15, 0.2) is 77.7 Å². The summed E-state index contributed by atoms with van der Waals surface area (Å²) in [5, 5.41) is 24.1. The van der Waals surface area contributed by atoms with E-state index in [9.17, 15) is 13.5 Å². The molecule has 3 aromatic carbocycles. The number of benzene rings is 3. The first-order valence-electron chi connectivity index (χ1n) is 11.6. The number of anilines is 1. The number of hydrogen-bond acceptors (Lipinski definition) is 7. The van der Waals surface area contributed by atoms with Crippen molar-refractivity contribution in [3.05, 3.63) is 78.4 Å². The zero-order valence-electron chi connectivity index (χ0n) is 19.4. The molecule has 4 aromatic rings. The Kier molecular flexibility index (Phi) is 6.40. The number of aliphatic hydroxyl groups excluding tert-OH is 1.